The fourth-order valence-electron chi connectivity index (χ4n) is 1.78. The zero-order valence-corrected chi connectivity index (χ0v) is 13.0. The molecule has 0 saturated heterocycles. The van der Waals surface area contributed by atoms with Gasteiger partial charge in [-0.3, -0.25) is 9.59 Å². The molecule has 0 bridgehead atoms. The Morgan fingerprint density at radius 1 is 0.913 bits per heavy atom. The van der Waals surface area contributed by atoms with Crippen molar-refractivity contribution in [2.75, 3.05) is 10.6 Å². The number of hydrogen-bond acceptors (Lipinski definition) is 2. The van der Waals surface area contributed by atoms with E-state index in [1.54, 1.807) is 0 Å². The molecule has 2 N–H and O–H groups in total. The number of para-hydroxylation sites is 1. The fraction of sp³-hybridized carbons (Fsp3) is 0.0667. The monoisotopic (exact) mass is 358 g/mol. The summed E-state index contributed by atoms with van der Waals surface area (Å²) in [4.78, 5) is 23.5. The lowest BCUT2D eigenvalue weighted by atomic mass is 10.2. The zero-order chi connectivity index (χ0) is 17.0. The standard InChI is InChI=1S/C15H10Cl2F2N2O2/c16-8-4-9(17)6-10(5-8)20-13(22)7-14(23)21-15-11(18)2-1-3-12(15)19/h1-6H,7H2,(H,20,22)(H,21,23). The molecule has 120 valence electrons. The second kappa shape index (κ2) is 7.39. The minimum absolute atomic E-state index is 0.303. The quantitative estimate of drug-likeness (QED) is 0.803. The van der Waals surface area contributed by atoms with Crippen molar-refractivity contribution in [3.05, 3.63) is 58.1 Å². The SMILES string of the molecule is O=C(CC(=O)Nc1c(F)cccc1F)Nc1cc(Cl)cc(Cl)c1. The van der Waals surface area contributed by atoms with Crippen molar-refractivity contribution in [3.63, 3.8) is 0 Å². The molecular weight excluding hydrogens is 349 g/mol. The van der Waals surface area contributed by atoms with Crippen molar-refractivity contribution in [2.24, 2.45) is 0 Å². The fourth-order valence-corrected chi connectivity index (χ4v) is 2.30. The zero-order valence-electron chi connectivity index (χ0n) is 11.5. The van der Waals surface area contributed by atoms with Crippen LogP contribution >= 0.6 is 23.2 Å². The van der Waals surface area contributed by atoms with Crippen LogP contribution in [-0.2, 0) is 9.59 Å². The molecule has 8 heteroatoms. The molecule has 0 atom stereocenters. The van der Waals surface area contributed by atoms with Crippen molar-refractivity contribution in [2.45, 2.75) is 6.42 Å². The Kier molecular flexibility index (Phi) is 5.52. The van der Waals surface area contributed by atoms with Crippen LogP contribution in [0.15, 0.2) is 36.4 Å². The third kappa shape index (κ3) is 4.91. The molecule has 0 radical (unpaired) electrons. The maximum absolute atomic E-state index is 13.4. The molecule has 0 fully saturated rings. The van der Waals surface area contributed by atoms with Gasteiger partial charge < -0.3 is 10.6 Å². The highest BCUT2D eigenvalue weighted by Crippen LogP contribution is 2.22. The van der Waals surface area contributed by atoms with Crippen LogP contribution in [0.2, 0.25) is 10.0 Å². The van der Waals surface area contributed by atoms with Gasteiger partial charge in [0.05, 0.1) is 0 Å². The average Bonchev–Trinajstić information content (AvgIpc) is 2.41. The van der Waals surface area contributed by atoms with Gasteiger partial charge in [0.1, 0.15) is 23.7 Å². The number of benzene rings is 2. The summed E-state index contributed by atoms with van der Waals surface area (Å²) < 4.78 is 26.8. The van der Waals surface area contributed by atoms with Gasteiger partial charge in [-0.25, -0.2) is 8.78 Å². The Morgan fingerprint density at radius 3 is 2.00 bits per heavy atom. The van der Waals surface area contributed by atoms with E-state index < -0.39 is 35.6 Å². The van der Waals surface area contributed by atoms with Crippen molar-refractivity contribution in [3.8, 4) is 0 Å². The summed E-state index contributed by atoms with van der Waals surface area (Å²) >= 11 is 11.6. The molecule has 0 heterocycles. The Hall–Kier alpha value is -2.18. The first kappa shape index (κ1) is 17.2. The molecule has 2 aromatic rings. The van der Waals surface area contributed by atoms with Crippen molar-refractivity contribution >= 4 is 46.4 Å². The molecule has 2 aromatic carbocycles. The summed E-state index contributed by atoms with van der Waals surface area (Å²) in [5.41, 5.74) is -0.298. The summed E-state index contributed by atoms with van der Waals surface area (Å²) in [7, 11) is 0. The normalized spacial score (nSPS) is 10.3. The highest BCUT2D eigenvalue weighted by molar-refractivity contribution is 6.35. The van der Waals surface area contributed by atoms with E-state index in [1.165, 1.54) is 18.2 Å². The van der Waals surface area contributed by atoms with Crippen LogP contribution in [0.4, 0.5) is 20.2 Å². The number of halogens is 4. The van der Waals surface area contributed by atoms with Gasteiger partial charge in [0.25, 0.3) is 0 Å². The summed E-state index contributed by atoms with van der Waals surface area (Å²) in [5.74, 6) is -3.40. The van der Waals surface area contributed by atoms with Gasteiger partial charge >= 0.3 is 0 Å². The molecule has 0 spiro atoms. The highest BCUT2D eigenvalue weighted by atomic mass is 35.5. The predicted molar refractivity (Wildman–Crippen MR) is 84.7 cm³/mol. The molecule has 0 aliphatic heterocycles. The topological polar surface area (TPSA) is 58.2 Å². The van der Waals surface area contributed by atoms with E-state index in [0.29, 0.717) is 15.7 Å². The van der Waals surface area contributed by atoms with E-state index in [-0.39, 0.29) is 0 Å². The molecule has 2 rings (SSSR count). The molecule has 0 aromatic heterocycles. The lowest BCUT2D eigenvalue weighted by molar-refractivity contribution is -0.123. The van der Waals surface area contributed by atoms with Crippen molar-refractivity contribution in [1.82, 2.24) is 0 Å². The van der Waals surface area contributed by atoms with Crippen molar-refractivity contribution < 1.29 is 18.4 Å². The third-order valence-electron chi connectivity index (χ3n) is 2.69. The molecule has 2 amide bonds. The summed E-state index contributed by atoms with van der Waals surface area (Å²) in [6, 6.07) is 7.52. The van der Waals surface area contributed by atoms with Crippen LogP contribution in [0, 0.1) is 11.6 Å². The maximum Gasteiger partial charge on any atom is 0.233 e. The lowest BCUT2D eigenvalue weighted by Crippen LogP contribution is -2.22. The molecule has 23 heavy (non-hydrogen) atoms. The van der Waals surface area contributed by atoms with Gasteiger partial charge in [-0.2, -0.15) is 0 Å². The van der Waals surface area contributed by atoms with E-state index >= 15 is 0 Å². The maximum atomic E-state index is 13.4. The van der Waals surface area contributed by atoms with E-state index in [4.69, 9.17) is 23.2 Å². The third-order valence-corrected chi connectivity index (χ3v) is 3.13. The Balaban J connectivity index is 1.98. The van der Waals surface area contributed by atoms with Crippen LogP contribution in [0.1, 0.15) is 6.42 Å². The first-order valence-corrected chi connectivity index (χ1v) is 7.10. The van der Waals surface area contributed by atoms with E-state index in [1.807, 2.05) is 5.32 Å². The molecular formula is C15H10Cl2F2N2O2. The molecule has 0 unspecified atom stereocenters. The van der Waals surface area contributed by atoms with Gasteiger partial charge in [-0.1, -0.05) is 29.3 Å². The second-order valence-electron chi connectivity index (χ2n) is 4.53. The predicted octanol–water partition coefficient (Wildman–Crippen LogP) is 4.24. The van der Waals surface area contributed by atoms with Crippen LogP contribution < -0.4 is 10.6 Å². The van der Waals surface area contributed by atoms with Gasteiger partial charge in [-0.15, -0.1) is 0 Å². The van der Waals surface area contributed by atoms with E-state index in [0.717, 1.165) is 18.2 Å². The van der Waals surface area contributed by atoms with Crippen LogP contribution in [-0.4, -0.2) is 11.8 Å². The molecule has 0 saturated carbocycles. The first-order chi connectivity index (χ1) is 10.8. The summed E-state index contributed by atoms with van der Waals surface area (Å²) in [5, 5.41) is 5.05. The summed E-state index contributed by atoms with van der Waals surface area (Å²) in [6.45, 7) is 0. The van der Waals surface area contributed by atoms with Crippen LogP contribution in [0.3, 0.4) is 0 Å². The van der Waals surface area contributed by atoms with E-state index in [2.05, 4.69) is 5.32 Å². The van der Waals surface area contributed by atoms with Gasteiger partial charge in [-0.05, 0) is 30.3 Å². The second-order valence-corrected chi connectivity index (χ2v) is 5.40. The Morgan fingerprint density at radius 2 is 1.43 bits per heavy atom. The Bertz CT molecular complexity index is 729. The number of hydrogen-bond donors (Lipinski definition) is 2. The van der Waals surface area contributed by atoms with Crippen LogP contribution in [0.5, 0.6) is 0 Å². The number of carbonyl (C=O) groups is 2. The minimum atomic E-state index is -0.930. The highest BCUT2D eigenvalue weighted by Gasteiger charge is 2.15. The number of amides is 2. The Labute approximate surface area is 140 Å². The number of anilines is 2. The van der Waals surface area contributed by atoms with E-state index in [9.17, 15) is 18.4 Å². The average molecular weight is 359 g/mol. The molecule has 4 nitrogen and oxygen atoms in total. The van der Waals surface area contributed by atoms with Gasteiger partial charge in [0.15, 0.2) is 0 Å². The van der Waals surface area contributed by atoms with Crippen molar-refractivity contribution in [1.29, 1.82) is 0 Å². The van der Waals surface area contributed by atoms with Gasteiger partial charge in [0, 0.05) is 15.7 Å². The van der Waals surface area contributed by atoms with Gasteiger partial charge in [0.2, 0.25) is 11.8 Å². The smallest absolute Gasteiger partial charge is 0.233 e. The first-order valence-electron chi connectivity index (χ1n) is 6.35. The number of nitrogens with one attached hydrogen (secondary N) is 2. The molecule has 0 aliphatic rings. The molecule has 0 aliphatic carbocycles. The summed E-state index contributed by atoms with van der Waals surface area (Å²) in [6.07, 6.45) is -0.627. The lowest BCUT2D eigenvalue weighted by Gasteiger charge is -2.08. The number of rotatable bonds is 4. The number of carbonyl (C=O) groups excluding carboxylic acids is 2. The largest absolute Gasteiger partial charge is 0.326 e. The minimum Gasteiger partial charge on any atom is -0.326 e. The van der Waals surface area contributed by atoms with Crippen LogP contribution in [0.25, 0.3) is 0 Å².